The first-order valence-electron chi connectivity index (χ1n) is 7.62. The maximum Gasteiger partial charge on any atom is 0.139 e. The van der Waals surface area contributed by atoms with E-state index in [9.17, 15) is 0 Å². The molecule has 6 heteroatoms. The van der Waals surface area contributed by atoms with E-state index in [1.54, 1.807) is 4.52 Å². The fourth-order valence-electron chi connectivity index (χ4n) is 2.93. The van der Waals surface area contributed by atoms with Gasteiger partial charge < -0.3 is 0 Å². The van der Waals surface area contributed by atoms with Crippen LogP contribution in [0.25, 0.3) is 33.7 Å². The summed E-state index contributed by atoms with van der Waals surface area (Å²) in [7, 11) is 0. The number of hydrogen-bond donors (Lipinski definition) is 0. The molecule has 114 valence electrons. The summed E-state index contributed by atoms with van der Waals surface area (Å²) in [5.41, 5.74) is 5.41. The average molecular weight is 312 g/mol. The highest BCUT2D eigenvalue weighted by molar-refractivity contribution is 5.81. The van der Waals surface area contributed by atoms with Crippen molar-refractivity contribution < 1.29 is 0 Å². The first-order chi connectivity index (χ1) is 11.9. The van der Waals surface area contributed by atoms with Gasteiger partial charge in [-0.3, -0.25) is 0 Å². The summed E-state index contributed by atoms with van der Waals surface area (Å²) in [6, 6.07) is 21.9. The fourth-order valence-corrected chi connectivity index (χ4v) is 2.93. The summed E-state index contributed by atoms with van der Waals surface area (Å²) < 4.78 is 3.57. The summed E-state index contributed by atoms with van der Waals surface area (Å²) in [5.74, 6) is 0. The molecule has 0 aliphatic rings. The van der Waals surface area contributed by atoms with Gasteiger partial charge in [-0.05, 0) is 24.3 Å². The van der Waals surface area contributed by atoms with Crippen molar-refractivity contribution in [3.8, 4) is 22.6 Å². The standard InChI is InChI=1S/C18H12N6/c1-2-7-13(8-3-1)17-15-10-6-11-16(24(15)22-19-17)18-14-9-4-5-12-23(14)21-20-18/h1-12H. The number of pyridine rings is 2. The van der Waals surface area contributed by atoms with E-state index < -0.39 is 0 Å². The Balaban J connectivity index is 1.78. The Kier molecular flexibility index (Phi) is 2.69. The van der Waals surface area contributed by atoms with Crippen molar-refractivity contribution in [3.63, 3.8) is 0 Å². The molecule has 1 aromatic carbocycles. The van der Waals surface area contributed by atoms with Gasteiger partial charge in [0.05, 0.1) is 16.7 Å². The summed E-state index contributed by atoms with van der Waals surface area (Å²) >= 11 is 0. The van der Waals surface area contributed by atoms with Crippen LogP contribution >= 0.6 is 0 Å². The molecular weight excluding hydrogens is 300 g/mol. The molecule has 5 aromatic rings. The Morgan fingerprint density at radius 2 is 1.42 bits per heavy atom. The van der Waals surface area contributed by atoms with Crippen molar-refractivity contribution >= 4 is 11.0 Å². The van der Waals surface area contributed by atoms with Gasteiger partial charge in [0, 0.05) is 11.8 Å². The Bertz CT molecular complexity index is 1160. The monoisotopic (exact) mass is 312 g/mol. The van der Waals surface area contributed by atoms with Gasteiger partial charge >= 0.3 is 0 Å². The summed E-state index contributed by atoms with van der Waals surface area (Å²) in [6.45, 7) is 0. The van der Waals surface area contributed by atoms with Gasteiger partial charge in [0.2, 0.25) is 0 Å². The number of aromatic nitrogens is 6. The van der Waals surface area contributed by atoms with Crippen LogP contribution in [0.4, 0.5) is 0 Å². The van der Waals surface area contributed by atoms with Gasteiger partial charge in [-0.15, -0.1) is 10.2 Å². The first kappa shape index (κ1) is 13.0. The van der Waals surface area contributed by atoms with Crippen molar-refractivity contribution in [2.45, 2.75) is 0 Å². The van der Waals surface area contributed by atoms with Crippen LogP contribution in [0.1, 0.15) is 0 Å². The molecule has 4 aromatic heterocycles. The van der Waals surface area contributed by atoms with Crippen molar-refractivity contribution in [2.24, 2.45) is 0 Å². The molecule has 0 bridgehead atoms. The number of rotatable bonds is 2. The molecule has 0 spiro atoms. The minimum atomic E-state index is 0.783. The van der Waals surface area contributed by atoms with Crippen molar-refractivity contribution in [1.82, 2.24) is 29.7 Å². The van der Waals surface area contributed by atoms with Crippen LogP contribution in [0.5, 0.6) is 0 Å². The minimum Gasteiger partial charge on any atom is -0.220 e. The third-order valence-electron chi connectivity index (χ3n) is 4.05. The number of nitrogens with zero attached hydrogens (tertiary/aromatic N) is 6. The lowest BCUT2D eigenvalue weighted by molar-refractivity contribution is 0.843. The second-order valence-electron chi connectivity index (χ2n) is 5.48. The zero-order chi connectivity index (χ0) is 15.9. The van der Waals surface area contributed by atoms with Crippen LogP contribution in [0.2, 0.25) is 0 Å². The molecular formula is C18H12N6. The second-order valence-corrected chi connectivity index (χ2v) is 5.48. The van der Waals surface area contributed by atoms with Crippen LogP contribution in [-0.4, -0.2) is 29.7 Å². The molecule has 0 fully saturated rings. The lowest BCUT2D eigenvalue weighted by Crippen LogP contribution is -1.94. The van der Waals surface area contributed by atoms with Crippen LogP contribution in [0.3, 0.4) is 0 Å². The number of benzene rings is 1. The first-order valence-corrected chi connectivity index (χ1v) is 7.62. The van der Waals surface area contributed by atoms with Crippen molar-refractivity contribution in [1.29, 1.82) is 0 Å². The molecule has 0 saturated heterocycles. The largest absolute Gasteiger partial charge is 0.220 e. The maximum atomic E-state index is 4.37. The highest BCUT2D eigenvalue weighted by atomic mass is 15.4. The third-order valence-corrected chi connectivity index (χ3v) is 4.05. The molecule has 0 aliphatic carbocycles. The van der Waals surface area contributed by atoms with Gasteiger partial charge in [0.15, 0.2) is 0 Å². The van der Waals surface area contributed by atoms with Crippen LogP contribution in [-0.2, 0) is 0 Å². The smallest absolute Gasteiger partial charge is 0.139 e. The Labute approximate surface area is 137 Å². The van der Waals surface area contributed by atoms with Gasteiger partial charge in [0.25, 0.3) is 0 Å². The molecule has 0 amide bonds. The lowest BCUT2D eigenvalue weighted by atomic mass is 10.1. The molecule has 4 heterocycles. The molecule has 0 unspecified atom stereocenters. The predicted octanol–water partition coefficient (Wildman–Crippen LogP) is 3.11. The molecule has 0 saturated carbocycles. The molecule has 0 atom stereocenters. The van der Waals surface area contributed by atoms with E-state index >= 15 is 0 Å². The SMILES string of the molecule is c1ccc(-c2nnn3c(-c4nnn5ccccc45)cccc23)cc1. The van der Waals surface area contributed by atoms with E-state index in [4.69, 9.17) is 0 Å². The minimum absolute atomic E-state index is 0.783. The Morgan fingerprint density at radius 1 is 0.625 bits per heavy atom. The molecule has 0 aliphatic heterocycles. The molecule has 0 radical (unpaired) electrons. The quantitative estimate of drug-likeness (QED) is 0.502. The average Bonchev–Trinajstić information content (AvgIpc) is 3.26. The Hall–Kier alpha value is -3.54. The molecule has 24 heavy (non-hydrogen) atoms. The van der Waals surface area contributed by atoms with E-state index in [-0.39, 0.29) is 0 Å². The topological polar surface area (TPSA) is 60.4 Å². The van der Waals surface area contributed by atoms with Crippen LogP contribution in [0, 0.1) is 0 Å². The lowest BCUT2D eigenvalue weighted by Gasteiger charge is -2.02. The highest BCUT2D eigenvalue weighted by Gasteiger charge is 2.15. The normalized spacial score (nSPS) is 11.3. The van der Waals surface area contributed by atoms with Crippen molar-refractivity contribution in [2.75, 3.05) is 0 Å². The summed E-state index contributed by atoms with van der Waals surface area (Å²) in [6.07, 6.45) is 1.88. The van der Waals surface area contributed by atoms with Crippen LogP contribution < -0.4 is 0 Å². The zero-order valence-corrected chi connectivity index (χ0v) is 12.6. The van der Waals surface area contributed by atoms with E-state index in [0.29, 0.717) is 0 Å². The highest BCUT2D eigenvalue weighted by Crippen LogP contribution is 2.27. The van der Waals surface area contributed by atoms with Gasteiger partial charge in [0.1, 0.15) is 11.4 Å². The zero-order valence-electron chi connectivity index (χ0n) is 12.6. The van der Waals surface area contributed by atoms with Crippen molar-refractivity contribution in [3.05, 3.63) is 72.9 Å². The number of fused-ring (bicyclic) bond motifs is 2. The third kappa shape index (κ3) is 1.83. The van der Waals surface area contributed by atoms with Gasteiger partial charge in [-0.2, -0.15) is 0 Å². The van der Waals surface area contributed by atoms with E-state index in [2.05, 4.69) is 20.6 Å². The van der Waals surface area contributed by atoms with Gasteiger partial charge in [-0.1, -0.05) is 52.9 Å². The summed E-state index contributed by atoms with van der Waals surface area (Å²) in [5, 5.41) is 17.2. The van der Waals surface area contributed by atoms with Crippen LogP contribution in [0.15, 0.2) is 72.9 Å². The van der Waals surface area contributed by atoms with Gasteiger partial charge in [-0.25, -0.2) is 9.03 Å². The summed E-state index contributed by atoms with van der Waals surface area (Å²) in [4.78, 5) is 0. The molecule has 0 N–H and O–H groups in total. The molecule has 6 nitrogen and oxygen atoms in total. The number of hydrogen-bond acceptors (Lipinski definition) is 4. The fraction of sp³-hybridized carbons (Fsp3) is 0. The predicted molar refractivity (Wildman–Crippen MR) is 90.4 cm³/mol. The van der Waals surface area contributed by atoms with E-state index in [1.165, 1.54) is 0 Å². The van der Waals surface area contributed by atoms with E-state index in [0.717, 1.165) is 33.7 Å². The Morgan fingerprint density at radius 3 is 2.33 bits per heavy atom. The van der Waals surface area contributed by atoms with E-state index in [1.807, 2.05) is 77.4 Å². The second kappa shape index (κ2) is 4.99. The maximum absolute atomic E-state index is 4.37. The molecule has 5 rings (SSSR count).